The highest BCUT2D eigenvalue weighted by Gasteiger charge is 2.21. The number of aryl methyl sites for hydroxylation is 1. The van der Waals surface area contributed by atoms with Gasteiger partial charge in [-0.3, -0.25) is 0 Å². The number of nitriles is 1. The standard InChI is InChI=1S/C18H21N5S/c1-14-20-17(22-10-8-21(2)9-11-22)16(12-19)18(24)23(14)13-15-6-4-3-5-7-15/h3-7H,8-11,13H2,1-2H3. The third-order valence-corrected chi connectivity index (χ3v) is 4.86. The molecular formula is C18H21N5S. The molecule has 0 radical (unpaired) electrons. The molecule has 2 heterocycles. The van der Waals surface area contributed by atoms with Gasteiger partial charge < -0.3 is 14.4 Å². The maximum atomic E-state index is 9.66. The number of anilines is 1. The van der Waals surface area contributed by atoms with Gasteiger partial charge >= 0.3 is 0 Å². The molecule has 6 heteroatoms. The molecular weight excluding hydrogens is 318 g/mol. The lowest BCUT2D eigenvalue weighted by Crippen LogP contribution is -2.45. The van der Waals surface area contributed by atoms with E-state index in [0.717, 1.165) is 43.4 Å². The van der Waals surface area contributed by atoms with Crippen LogP contribution < -0.4 is 4.90 Å². The zero-order chi connectivity index (χ0) is 17.1. The highest BCUT2D eigenvalue weighted by molar-refractivity contribution is 7.71. The SMILES string of the molecule is Cc1nc(N2CCN(C)CC2)c(C#N)c(=S)n1Cc1ccccc1. The van der Waals surface area contributed by atoms with E-state index in [-0.39, 0.29) is 0 Å². The number of piperazine rings is 1. The van der Waals surface area contributed by atoms with Crippen molar-refractivity contribution in [3.05, 3.63) is 51.9 Å². The molecule has 0 unspecified atom stereocenters. The number of likely N-dealkylation sites (N-methyl/N-ethyl adjacent to an activating group) is 1. The summed E-state index contributed by atoms with van der Waals surface area (Å²) in [6.45, 7) is 6.27. The molecule has 0 spiro atoms. The number of aromatic nitrogens is 2. The van der Waals surface area contributed by atoms with Gasteiger partial charge in [-0.25, -0.2) is 4.98 Å². The Balaban J connectivity index is 1.99. The smallest absolute Gasteiger partial charge is 0.151 e. The summed E-state index contributed by atoms with van der Waals surface area (Å²) in [6, 6.07) is 12.4. The monoisotopic (exact) mass is 339 g/mol. The molecule has 3 rings (SSSR count). The van der Waals surface area contributed by atoms with Crippen LogP contribution in [0, 0.1) is 22.9 Å². The van der Waals surface area contributed by atoms with Gasteiger partial charge in [0.15, 0.2) is 5.82 Å². The molecule has 0 bridgehead atoms. The van der Waals surface area contributed by atoms with Gasteiger partial charge in [0.25, 0.3) is 0 Å². The Morgan fingerprint density at radius 3 is 2.46 bits per heavy atom. The molecule has 24 heavy (non-hydrogen) atoms. The van der Waals surface area contributed by atoms with Crippen molar-refractivity contribution in [1.82, 2.24) is 14.5 Å². The van der Waals surface area contributed by atoms with E-state index >= 15 is 0 Å². The highest BCUT2D eigenvalue weighted by Crippen LogP contribution is 2.22. The van der Waals surface area contributed by atoms with Crippen molar-refractivity contribution >= 4 is 18.0 Å². The van der Waals surface area contributed by atoms with E-state index in [2.05, 4.69) is 35.0 Å². The van der Waals surface area contributed by atoms with Crippen LogP contribution in [0.3, 0.4) is 0 Å². The maximum absolute atomic E-state index is 9.66. The van der Waals surface area contributed by atoms with Gasteiger partial charge in [-0.05, 0) is 19.5 Å². The summed E-state index contributed by atoms with van der Waals surface area (Å²) in [5.41, 5.74) is 1.66. The van der Waals surface area contributed by atoms with Crippen LogP contribution in [0.15, 0.2) is 30.3 Å². The first-order valence-electron chi connectivity index (χ1n) is 8.09. The second-order valence-corrected chi connectivity index (χ2v) is 6.52. The molecule has 2 aromatic rings. The largest absolute Gasteiger partial charge is 0.353 e. The fourth-order valence-electron chi connectivity index (χ4n) is 2.94. The number of rotatable bonds is 3. The molecule has 1 fully saturated rings. The van der Waals surface area contributed by atoms with Crippen LogP contribution >= 0.6 is 12.2 Å². The number of benzene rings is 1. The molecule has 1 aromatic carbocycles. The summed E-state index contributed by atoms with van der Waals surface area (Å²) in [4.78, 5) is 9.19. The van der Waals surface area contributed by atoms with Gasteiger partial charge in [0, 0.05) is 26.2 Å². The minimum absolute atomic E-state index is 0.510. The summed E-state index contributed by atoms with van der Waals surface area (Å²) in [5, 5.41) is 9.66. The fraction of sp³-hybridized carbons (Fsp3) is 0.389. The van der Waals surface area contributed by atoms with Crippen LogP contribution in [-0.4, -0.2) is 47.7 Å². The molecule has 0 amide bonds. The first kappa shape index (κ1) is 16.6. The minimum atomic E-state index is 0.510. The van der Waals surface area contributed by atoms with Crippen molar-refractivity contribution in [3.63, 3.8) is 0 Å². The summed E-state index contributed by atoms with van der Waals surface area (Å²) in [5.74, 6) is 1.58. The molecule has 124 valence electrons. The number of hydrogen-bond acceptors (Lipinski definition) is 5. The summed E-state index contributed by atoms with van der Waals surface area (Å²) in [6.07, 6.45) is 0. The van der Waals surface area contributed by atoms with Gasteiger partial charge in [0.1, 0.15) is 22.1 Å². The zero-order valence-electron chi connectivity index (χ0n) is 14.1. The Hall–Kier alpha value is -2.23. The van der Waals surface area contributed by atoms with Crippen molar-refractivity contribution in [3.8, 4) is 6.07 Å². The fourth-order valence-corrected chi connectivity index (χ4v) is 3.28. The van der Waals surface area contributed by atoms with Crippen molar-refractivity contribution in [2.45, 2.75) is 13.5 Å². The van der Waals surface area contributed by atoms with Crippen LogP contribution in [0.25, 0.3) is 0 Å². The van der Waals surface area contributed by atoms with Gasteiger partial charge in [0.05, 0.1) is 6.54 Å². The first-order chi connectivity index (χ1) is 11.6. The second-order valence-electron chi connectivity index (χ2n) is 6.14. The summed E-state index contributed by atoms with van der Waals surface area (Å²) in [7, 11) is 2.11. The molecule has 0 aliphatic carbocycles. The second kappa shape index (κ2) is 7.12. The van der Waals surface area contributed by atoms with Crippen molar-refractivity contribution in [1.29, 1.82) is 5.26 Å². The highest BCUT2D eigenvalue weighted by atomic mass is 32.1. The van der Waals surface area contributed by atoms with Crippen LogP contribution in [-0.2, 0) is 6.54 Å². The molecule has 1 aliphatic heterocycles. The van der Waals surface area contributed by atoms with E-state index in [9.17, 15) is 5.26 Å². The molecule has 0 saturated carbocycles. The van der Waals surface area contributed by atoms with Crippen LogP contribution in [0.5, 0.6) is 0 Å². The van der Waals surface area contributed by atoms with E-state index in [1.54, 1.807) is 0 Å². The Morgan fingerprint density at radius 1 is 1.17 bits per heavy atom. The average molecular weight is 339 g/mol. The van der Waals surface area contributed by atoms with E-state index < -0.39 is 0 Å². The lowest BCUT2D eigenvalue weighted by Gasteiger charge is -2.34. The van der Waals surface area contributed by atoms with Gasteiger partial charge in [-0.15, -0.1) is 0 Å². The minimum Gasteiger partial charge on any atom is -0.353 e. The van der Waals surface area contributed by atoms with Crippen LogP contribution in [0.2, 0.25) is 0 Å². The molecule has 1 saturated heterocycles. The molecule has 0 N–H and O–H groups in total. The van der Waals surface area contributed by atoms with Gasteiger partial charge in [-0.1, -0.05) is 42.5 Å². The third kappa shape index (κ3) is 3.32. The topological polar surface area (TPSA) is 48.1 Å². The number of hydrogen-bond donors (Lipinski definition) is 0. The lowest BCUT2D eigenvalue weighted by atomic mass is 10.2. The van der Waals surface area contributed by atoms with Crippen LogP contribution in [0.1, 0.15) is 17.0 Å². The quantitative estimate of drug-likeness (QED) is 0.805. The predicted octanol–water partition coefficient (Wildman–Crippen LogP) is 2.59. The molecule has 1 aliphatic rings. The van der Waals surface area contributed by atoms with E-state index in [1.165, 1.54) is 0 Å². The number of nitrogens with zero attached hydrogens (tertiary/aromatic N) is 5. The van der Waals surface area contributed by atoms with Crippen molar-refractivity contribution in [2.75, 3.05) is 38.1 Å². The van der Waals surface area contributed by atoms with E-state index in [0.29, 0.717) is 16.7 Å². The van der Waals surface area contributed by atoms with Crippen LogP contribution in [0.4, 0.5) is 5.82 Å². The summed E-state index contributed by atoms with van der Waals surface area (Å²) < 4.78 is 2.52. The molecule has 1 aromatic heterocycles. The van der Waals surface area contributed by atoms with Crippen molar-refractivity contribution in [2.24, 2.45) is 0 Å². The normalized spacial score (nSPS) is 15.3. The first-order valence-corrected chi connectivity index (χ1v) is 8.50. The van der Waals surface area contributed by atoms with Crippen molar-refractivity contribution < 1.29 is 0 Å². The average Bonchev–Trinajstić information content (AvgIpc) is 2.60. The van der Waals surface area contributed by atoms with E-state index in [4.69, 9.17) is 17.2 Å². The Kier molecular flexibility index (Phi) is 4.93. The lowest BCUT2D eigenvalue weighted by molar-refractivity contribution is 0.311. The Labute approximate surface area is 147 Å². The third-order valence-electron chi connectivity index (χ3n) is 4.44. The molecule has 0 atom stereocenters. The molecule has 5 nitrogen and oxygen atoms in total. The van der Waals surface area contributed by atoms with Gasteiger partial charge in [0.2, 0.25) is 0 Å². The summed E-state index contributed by atoms with van der Waals surface area (Å²) >= 11 is 5.62. The van der Waals surface area contributed by atoms with Gasteiger partial charge in [-0.2, -0.15) is 5.26 Å². The predicted molar refractivity (Wildman–Crippen MR) is 97.8 cm³/mol. The Bertz CT molecular complexity index is 814. The van der Waals surface area contributed by atoms with E-state index in [1.807, 2.05) is 29.7 Å². The maximum Gasteiger partial charge on any atom is 0.151 e. The zero-order valence-corrected chi connectivity index (χ0v) is 14.9. The Morgan fingerprint density at radius 2 is 1.83 bits per heavy atom.